The van der Waals surface area contributed by atoms with E-state index in [1.54, 1.807) is 17.0 Å². The summed E-state index contributed by atoms with van der Waals surface area (Å²) in [6.45, 7) is 0.812. The molecule has 0 spiro atoms. The van der Waals surface area contributed by atoms with Gasteiger partial charge in [0.15, 0.2) is 0 Å². The molecule has 0 saturated heterocycles. The van der Waals surface area contributed by atoms with Crippen LogP contribution in [0.25, 0.3) is 0 Å². The second-order valence-electron chi connectivity index (χ2n) is 4.60. The zero-order chi connectivity index (χ0) is 12.4. The van der Waals surface area contributed by atoms with E-state index in [0.29, 0.717) is 21.3 Å². The van der Waals surface area contributed by atoms with E-state index in [4.69, 9.17) is 11.6 Å². The third-order valence-electron chi connectivity index (χ3n) is 3.16. The fourth-order valence-corrected chi connectivity index (χ4v) is 3.39. The number of carbonyl (C=O) groups is 1. The summed E-state index contributed by atoms with van der Waals surface area (Å²) in [7, 11) is 1.84. The predicted molar refractivity (Wildman–Crippen MR) is 73.9 cm³/mol. The van der Waals surface area contributed by atoms with Crippen molar-refractivity contribution >= 4 is 33.4 Å². The molecule has 0 heterocycles. The lowest BCUT2D eigenvalue weighted by molar-refractivity contribution is 0.0749. The van der Waals surface area contributed by atoms with Crippen LogP contribution in [0.5, 0.6) is 0 Å². The van der Waals surface area contributed by atoms with Gasteiger partial charge in [0.05, 0.1) is 10.6 Å². The standard InChI is InChI=1S/C13H15BrClNO/c1-16(8-9-6-10(14)7-9)13(17)11-4-2-3-5-12(11)15/h2-5,9-10H,6-8H2,1H3. The molecule has 0 N–H and O–H groups in total. The molecule has 1 aliphatic carbocycles. The van der Waals surface area contributed by atoms with Crippen molar-refractivity contribution in [2.45, 2.75) is 17.7 Å². The summed E-state index contributed by atoms with van der Waals surface area (Å²) >= 11 is 9.58. The smallest absolute Gasteiger partial charge is 0.255 e. The van der Waals surface area contributed by atoms with Gasteiger partial charge in [-0.2, -0.15) is 0 Å². The first-order valence-corrected chi connectivity index (χ1v) is 7.01. The molecule has 1 amide bonds. The highest BCUT2D eigenvalue weighted by molar-refractivity contribution is 9.09. The molecule has 1 saturated carbocycles. The zero-order valence-electron chi connectivity index (χ0n) is 9.70. The molecule has 0 atom stereocenters. The van der Waals surface area contributed by atoms with Gasteiger partial charge in [0, 0.05) is 18.4 Å². The van der Waals surface area contributed by atoms with Gasteiger partial charge in [0.2, 0.25) is 0 Å². The van der Waals surface area contributed by atoms with Crippen molar-refractivity contribution in [3.8, 4) is 0 Å². The Labute approximate surface area is 115 Å². The molecule has 0 aliphatic heterocycles. The van der Waals surface area contributed by atoms with Crippen LogP contribution in [0.4, 0.5) is 0 Å². The van der Waals surface area contributed by atoms with Crippen LogP contribution in [0.15, 0.2) is 24.3 Å². The monoisotopic (exact) mass is 315 g/mol. The fraction of sp³-hybridized carbons (Fsp3) is 0.462. The van der Waals surface area contributed by atoms with Crippen LogP contribution in [0.3, 0.4) is 0 Å². The third kappa shape index (κ3) is 3.02. The van der Waals surface area contributed by atoms with Crippen LogP contribution in [0.1, 0.15) is 23.2 Å². The Morgan fingerprint density at radius 3 is 2.71 bits per heavy atom. The van der Waals surface area contributed by atoms with Crippen LogP contribution < -0.4 is 0 Å². The number of carbonyl (C=O) groups excluding carboxylic acids is 1. The van der Waals surface area contributed by atoms with Gasteiger partial charge < -0.3 is 4.90 Å². The van der Waals surface area contributed by atoms with Crippen LogP contribution >= 0.6 is 27.5 Å². The number of nitrogens with zero attached hydrogens (tertiary/aromatic N) is 1. The molecule has 1 aromatic rings. The van der Waals surface area contributed by atoms with Crippen molar-refractivity contribution < 1.29 is 4.79 Å². The summed E-state index contributed by atoms with van der Waals surface area (Å²) in [5.74, 6) is 0.629. The van der Waals surface area contributed by atoms with E-state index in [1.807, 2.05) is 19.2 Å². The minimum atomic E-state index is 0.00798. The van der Waals surface area contributed by atoms with Crippen molar-refractivity contribution in [1.29, 1.82) is 0 Å². The summed E-state index contributed by atoms with van der Waals surface area (Å²) in [4.78, 5) is 14.6. The first kappa shape index (κ1) is 12.9. The molecule has 2 nitrogen and oxygen atoms in total. The highest BCUT2D eigenvalue weighted by atomic mass is 79.9. The molecule has 1 fully saturated rings. The van der Waals surface area contributed by atoms with Gasteiger partial charge in [-0.15, -0.1) is 0 Å². The SMILES string of the molecule is CN(CC1CC(Br)C1)C(=O)c1ccccc1Cl. The molecule has 0 radical (unpaired) electrons. The number of halogens is 2. The Hall–Kier alpha value is -0.540. The number of hydrogen-bond donors (Lipinski definition) is 0. The van der Waals surface area contributed by atoms with E-state index in [1.165, 1.54) is 0 Å². The predicted octanol–water partition coefficient (Wildman–Crippen LogP) is 3.59. The van der Waals surface area contributed by atoms with E-state index in [9.17, 15) is 4.79 Å². The second-order valence-corrected chi connectivity index (χ2v) is 6.30. The van der Waals surface area contributed by atoms with Crippen molar-refractivity contribution in [2.24, 2.45) is 5.92 Å². The largest absolute Gasteiger partial charge is 0.341 e. The molecule has 92 valence electrons. The van der Waals surface area contributed by atoms with Crippen molar-refractivity contribution in [1.82, 2.24) is 4.90 Å². The van der Waals surface area contributed by atoms with Crippen LogP contribution in [0, 0.1) is 5.92 Å². The summed E-state index contributed by atoms with van der Waals surface area (Å²) in [5, 5.41) is 0.524. The molecular weight excluding hydrogens is 302 g/mol. The highest BCUT2D eigenvalue weighted by Crippen LogP contribution is 2.33. The van der Waals surface area contributed by atoms with E-state index in [2.05, 4.69) is 15.9 Å². The normalized spacial score (nSPS) is 23.0. The zero-order valence-corrected chi connectivity index (χ0v) is 12.0. The highest BCUT2D eigenvalue weighted by Gasteiger charge is 2.29. The molecule has 1 aliphatic rings. The molecule has 1 aromatic carbocycles. The number of amides is 1. The van der Waals surface area contributed by atoms with Crippen LogP contribution in [-0.2, 0) is 0 Å². The Kier molecular flexibility index (Phi) is 4.10. The second kappa shape index (κ2) is 5.40. The number of hydrogen-bond acceptors (Lipinski definition) is 1. The first-order chi connectivity index (χ1) is 8.08. The van der Waals surface area contributed by atoms with Gasteiger partial charge in [0.1, 0.15) is 0 Å². The lowest BCUT2D eigenvalue weighted by Gasteiger charge is -2.34. The van der Waals surface area contributed by atoms with E-state index < -0.39 is 0 Å². The van der Waals surface area contributed by atoms with Gasteiger partial charge in [-0.25, -0.2) is 0 Å². The molecule has 0 aromatic heterocycles. The third-order valence-corrected chi connectivity index (χ3v) is 4.24. The lowest BCUT2D eigenvalue weighted by atomic mass is 9.85. The van der Waals surface area contributed by atoms with Crippen LogP contribution in [0.2, 0.25) is 5.02 Å². The van der Waals surface area contributed by atoms with Gasteiger partial charge >= 0.3 is 0 Å². The number of benzene rings is 1. The lowest BCUT2D eigenvalue weighted by Crippen LogP contribution is -2.37. The van der Waals surface area contributed by atoms with Gasteiger partial charge in [-0.3, -0.25) is 4.79 Å². The first-order valence-electron chi connectivity index (χ1n) is 5.72. The maximum absolute atomic E-state index is 12.2. The minimum absolute atomic E-state index is 0.00798. The molecule has 17 heavy (non-hydrogen) atoms. The molecule has 4 heteroatoms. The average molecular weight is 317 g/mol. The number of alkyl halides is 1. The van der Waals surface area contributed by atoms with E-state index in [0.717, 1.165) is 19.4 Å². The molecule has 2 rings (SSSR count). The van der Waals surface area contributed by atoms with Gasteiger partial charge in [0.25, 0.3) is 5.91 Å². The van der Waals surface area contributed by atoms with E-state index in [-0.39, 0.29) is 5.91 Å². The summed E-state index contributed by atoms with van der Waals surface area (Å²) in [5.41, 5.74) is 0.589. The average Bonchev–Trinajstić information content (AvgIpc) is 2.26. The minimum Gasteiger partial charge on any atom is -0.341 e. The van der Waals surface area contributed by atoms with Crippen molar-refractivity contribution in [3.63, 3.8) is 0 Å². The van der Waals surface area contributed by atoms with E-state index >= 15 is 0 Å². The van der Waals surface area contributed by atoms with Crippen molar-refractivity contribution in [3.05, 3.63) is 34.9 Å². The Bertz CT molecular complexity index is 418. The topological polar surface area (TPSA) is 20.3 Å². The number of rotatable bonds is 3. The molecule has 0 bridgehead atoms. The van der Waals surface area contributed by atoms with Crippen molar-refractivity contribution in [2.75, 3.05) is 13.6 Å². The Morgan fingerprint density at radius 1 is 1.47 bits per heavy atom. The van der Waals surface area contributed by atoms with Crippen LogP contribution in [-0.4, -0.2) is 29.2 Å². The molecular formula is C13H15BrClNO. The Morgan fingerprint density at radius 2 is 2.12 bits per heavy atom. The summed E-state index contributed by atoms with van der Waals surface area (Å²) < 4.78 is 0. The summed E-state index contributed by atoms with van der Waals surface area (Å²) in [6.07, 6.45) is 2.31. The maximum Gasteiger partial charge on any atom is 0.255 e. The fourth-order valence-electron chi connectivity index (χ4n) is 2.11. The quantitative estimate of drug-likeness (QED) is 0.781. The molecule has 0 unspecified atom stereocenters. The van der Waals surface area contributed by atoms with Gasteiger partial charge in [-0.1, -0.05) is 39.7 Å². The van der Waals surface area contributed by atoms with Gasteiger partial charge in [-0.05, 0) is 30.9 Å². The summed E-state index contributed by atoms with van der Waals surface area (Å²) in [6, 6.07) is 7.20. The Balaban J connectivity index is 1.97. The maximum atomic E-state index is 12.2.